The van der Waals surface area contributed by atoms with Crippen molar-refractivity contribution in [2.45, 2.75) is 38.1 Å². The summed E-state index contributed by atoms with van der Waals surface area (Å²) in [5, 5.41) is 8.05. The summed E-state index contributed by atoms with van der Waals surface area (Å²) < 4.78 is 2.07. The van der Waals surface area contributed by atoms with Crippen LogP contribution in [0, 0.1) is 0 Å². The first kappa shape index (κ1) is 9.21. The van der Waals surface area contributed by atoms with E-state index in [1.807, 2.05) is 0 Å². The van der Waals surface area contributed by atoms with Crippen molar-refractivity contribution in [2.75, 3.05) is 18.8 Å². The zero-order chi connectivity index (χ0) is 10.3. The van der Waals surface area contributed by atoms with Gasteiger partial charge in [-0.25, -0.2) is 4.68 Å². The van der Waals surface area contributed by atoms with Crippen LogP contribution in [-0.2, 0) is 12.8 Å². The lowest BCUT2D eigenvalue weighted by Crippen LogP contribution is -2.16. The number of aryl methyl sites for hydroxylation is 1. The number of nitrogens with one attached hydrogen (secondary N) is 1. The van der Waals surface area contributed by atoms with E-state index in [0.29, 0.717) is 6.04 Å². The standard InChI is InChI=1S/C11H18N4/c12-11-9-3-1-2-4-10(9)14-15(11)8-5-6-13-7-8/h8,13H,1-7,12H2. The molecule has 1 aliphatic heterocycles. The zero-order valence-electron chi connectivity index (χ0n) is 9.00. The van der Waals surface area contributed by atoms with Crippen molar-refractivity contribution in [3.8, 4) is 0 Å². The fourth-order valence-electron chi connectivity index (χ4n) is 2.72. The molecule has 4 heteroatoms. The molecule has 0 saturated carbocycles. The quantitative estimate of drug-likeness (QED) is 0.717. The Morgan fingerprint density at radius 2 is 2.20 bits per heavy atom. The summed E-state index contributed by atoms with van der Waals surface area (Å²) in [6.45, 7) is 2.11. The van der Waals surface area contributed by atoms with Crippen molar-refractivity contribution < 1.29 is 0 Å². The van der Waals surface area contributed by atoms with Crippen molar-refractivity contribution >= 4 is 5.82 Å². The first-order valence-electron chi connectivity index (χ1n) is 5.92. The molecule has 1 saturated heterocycles. The summed E-state index contributed by atoms with van der Waals surface area (Å²) in [7, 11) is 0. The minimum absolute atomic E-state index is 0.482. The van der Waals surface area contributed by atoms with Crippen LogP contribution in [0.25, 0.3) is 0 Å². The van der Waals surface area contributed by atoms with E-state index in [1.54, 1.807) is 0 Å². The Morgan fingerprint density at radius 3 is 2.93 bits per heavy atom. The first-order chi connectivity index (χ1) is 7.36. The van der Waals surface area contributed by atoms with Crippen LogP contribution in [0.15, 0.2) is 0 Å². The monoisotopic (exact) mass is 206 g/mol. The molecular formula is C11H18N4. The van der Waals surface area contributed by atoms with Crippen LogP contribution >= 0.6 is 0 Å². The molecule has 0 radical (unpaired) electrons. The smallest absolute Gasteiger partial charge is 0.125 e. The van der Waals surface area contributed by atoms with Crippen molar-refractivity contribution in [1.29, 1.82) is 0 Å². The Balaban J connectivity index is 1.97. The summed E-state index contributed by atoms with van der Waals surface area (Å²) >= 11 is 0. The molecule has 1 aromatic rings. The number of fused-ring (bicyclic) bond motifs is 1. The maximum atomic E-state index is 6.18. The van der Waals surface area contributed by atoms with Crippen LogP contribution in [0.2, 0.25) is 0 Å². The lowest BCUT2D eigenvalue weighted by Gasteiger charge is -2.11. The second kappa shape index (κ2) is 3.52. The Hall–Kier alpha value is -1.03. The van der Waals surface area contributed by atoms with Gasteiger partial charge in [-0.1, -0.05) is 0 Å². The number of hydrogen-bond donors (Lipinski definition) is 2. The number of nitrogen functional groups attached to an aromatic ring is 1. The normalized spacial score (nSPS) is 25.5. The third kappa shape index (κ3) is 1.44. The topological polar surface area (TPSA) is 55.9 Å². The molecule has 1 aromatic heterocycles. The van der Waals surface area contributed by atoms with Gasteiger partial charge in [0.25, 0.3) is 0 Å². The van der Waals surface area contributed by atoms with Crippen LogP contribution in [0.5, 0.6) is 0 Å². The third-order valence-corrected chi connectivity index (χ3v) is 3.60. The molecule has 0 spiro atoms. The van der Waals surface area contributed by atoms with Gasteiger partial charge in [0.05, 0.1) is 11.7 Å². The third-order valence-electron chi connectivity index (χ3n) is 3.60. The summed E-state index contributed by atoms with van der Waals surface area (Å²) in [6, 6.07) is 0.482. The highest BCUT2D eigenvalue weighted by Crippen LogP contribution is 2.29. The number of aromatic nitrogens is 2. The molecule has 0 aromatic carbocycles. The van der Waals surface area contributed by atoms with Gasteiger partial charge in [-0.05, 0) is 38.6 Å². The van der Waals surface area contributed by atoms with Gasteiger partial charge in [-0.2, -0.15) is 5.10 Å². The molecule has 1 fully saturated rings. The van der Waals surface area contributed by atoms with E-state index in [4.69, 9.17) is 5.73 Å². The molecule has 2 heterocycles. The van der Waals surface area contributed by atoms with Gasteiger partial charge in [0, 0.05) is 12.1 Å². The molecule has 1 atom stereocenters. The summed E-state index contributed by atoms with van der Waals surface area (Å²) in [4.78, 5) is 0. The molecule has 3 N–H and O–H groups in total. The Kier molecular flexibility index (Phi) is 2.16. The fraction of sp³-hybridized carbons (Fsp3) is 0.727. The highest BCUT2D eigenvalue weighted by Gasteiger charge is 2.24. The second-order valence-electron chi connectivity index (χ2n) is 4.61. The number of anilines is 1. The predicted molar refractivity (Wildman–Crippen MR) is 59.8 cm³/mol. The van der Waals surface area contributed by atoms with Gasteiger partial charge < -0.3 is 11.1 Å². The van der Waals surface area contributed by atoms with E-state index in [9.17, 15) is 0 Å². The Bertz CT molecular complexity index is 363. The molecule has 2 aliphatic rings. The minimum Gasteiger partial charge on any atom is -0.384 e. The van der Waals surface area contributed by atoms with Crippen LogP contribution in [0.3, 0.4) is 0 Å². The predicted octanol–water partition coefficient (Wildman–Crippen LogP) is 0.878. The van der Waals surface area contributed by atoms with Crippen LogP contribution in [0.1, 0.15) is 36.6 Å². The molecular weight excluding hydrogens is 188 g/mol. The van der Waals surface area contributed by atoms with Crippen molar-refractivity contribution in [3.63, 3.8) is 0 Å². The highest BCUT2D eigenvalue weighted by molar-refractivity contribution is 5.45. The van der Waals surface area contributed by atoms with Gasteiger partial charge in [0.1, 0.15) is 5.82 Å². The van der Waals surface area contributed by atoms with E-state index in [-0.39, 0.29) is 0 Å². The van der Waals surface area contributed by atoms with E-state index in [2.05, 4.69) is 15.1 Å². The van der Waals surface area contributed by atoms with Crippen molar-refractivity contribution in [3.05, 3.63) is 11.3 Å². The maximum Gasteiger partial charge on any atom is 0.125 e. The average Bonchev–Trinajstić information content (AvgIpc) is 2.87. The summed E-state index contributed by atoms with van der Waals surface area (Å²) in [5.74, 6) is 0.929. The van der Waals surface area contributed by atoms with E-state index < -0.39 is 0 Å². The molecule has 15 heavy (non-hydrogen) atoms. The first-order valence-corrected chi connectivity index (χ1v) is 5.92. The highest BCUT2D eigenvalue weighted by atomic mass is 15.3. The number of nitrogens with zero attached hydrogens (tertiary/aromatic N) is 2. The molecule has 1 aliphatic carbocycles. The van der Waals surface area contributed by atoms with Gasteiger partial charge in [-0.15, -0.1) is 0 Å². The van der Waals surface area contributed by atoms with Gasteiger partial charge in [0.2, 0.25) is 0 Å². The molecule has 1 unspecified atom stereocenters. The van der Waals surface area contributed by atoms with Gasteiger partial charge in [0.15, 0.2) is 0 Å². The molecule has 0 bridgehead atoms. The lowest BCUT2D eigenvalue weighted by molar-refractivity contribution is 0.492. The van der Waals surface area contributed by atoms with Crippen LogP contribution in [-0.4, -0.2) is 22.9 Å². The average molecular weight is 206 g/mol. The molecule has 82 valence electrons. The van der Waals surface area contributed by atoms with Crippen LogP contribution < -0.4 is 11.1 Å². The zero-order valence-corrected chi connectivity index (χ0v) is 9.00. The summed E-state index contributed by atoms with van der Waals surface area (Å²) in [6.07, 6.45) is 5.94. The molecule has 4 nitrogen and oxygen atoms in total. The largest absolute Gasteiger partial charge is 0.384 e. The minimum atomic E-state index is 0.482. The second-order valence-corrected chi connectivity index (χ2v) is 4.61. The van der Waals surface area contributed by atoms with Crippen molar-refractivity contribution in [1.82, 2.24) is 15.1 Å². The van der Waals surface area contributed by atoms with Crippen molar-refractivity contribution in [2.24, 2.45) is 0 Å². The fourth-order valence-corrected chi connectivity index (χ4v) is 2.72. The van der Waals surface area contributed by atoms with Gasteiger partial charge >= 0.3 is 0 Å². The maximum absolute atomic E-state index is 6.18. The molecule has 3 rings (SSSR count). The van der Waals surface area contributed by atoms with E-state index >= 15 is 0 Å². The molecule has 0 amide bonds. The lowest BCUT2D eigenvalue weighted by atomic mass is 9.98. The summed E-state index contributed by atoms with van der Waals surface area (Å²) in [5.41, 5.74) is 8.76. The Morgan fingerprint density at radius 1 is 1.33 bits per heavy atom. The van der Waals surface area contributed by atoms with E-state index in [1.165, 1.54) is 24.1 Å². The number of nitrogens with two attached hydrogens (primary N) is 1. The Labute approximate surface area is 89.8 Å². The number of rotatable bonds is 1. The van der Waals surface area contributed by atoms with Gasteiger partial charge in [-0.3, -0.25) is 0 Å². The number of hydrogen-bond acceptors (Lipinski definition) is 3. The van der Waals surface area contributed by atoms with E-state index in [0.717, 1.165) is 38.2 Å². The SMILES string of the molecule is Nc1c2c(nn1C1CCNC1)CCCC2. The van der Waals surface area contributed by atoms with Crippen LogP contribution in [0.4, 0.5) is 5.82 Å².